The van der Waals surface area contributed by atoms with E-state index in [-0.39, 0.29) is 0 Å². The van der Waals surface area contributed by atoms with Gasteiger partial charge in [-0.25, -0.2) is 4.98 Å². The van der Waals surface area contributed by atoms with Gasteiger partial charge in [0.1, 0.15) is 11.9 Å². The van der Waals surface area contributed by atoms with Crippen LogP contribution in [0.2, 0.25) is 0 Å². The first-order valence-electron chi connectivity index (χ1n) is 5.88. The molecular weight excluding hydrogens is 214 g/mol. The van der Waals surface area contributed by atoms with Crippen molar-refractivity contribution in [3.63, 3.8) is 0 Å². The van der Waals surface area contributed by atoms with Gasteiger partial charge in [0.15, 0.2) is 0 Å². The molecule has 1 heterocycles. The SMILES string of the molecule is CCC(O)(CC)CNc1nc(C)ccc1C#N. The summed E-state index contributed by atoms with van der Waals surface area (Å²) in [4.78, 5) is 4.27. The minimum atomic E-state index is -0.738. The summed E-state index contributed by atoms with van der Waals surface area (Å²) in [6.07, 6.45) is 1.34. The largest absolute Gasteiger partial charge is 0.388 e. The van der Waals surface area contributed by atoms with E-state index in [1.54, 1.807) is 12.1 Å². The number of aryl methyl sites for hydroxylation is 1. The molecule has 0 radical (unpaired) electrons. The van der Waals surface area contributed by atoms with E-state index in [1.165, 1.54) is 0 Å². The quantitative estimate of drug-likeness (QED) is 0.818. The van der Waals surface area contributed by atoms with Crippen LogP contribution in [-0.2, 0) is 0 Å². The molecule has 0 unspecified atom stereocenters. The molecule has 4 nitrogen and oxygen atoms in total. The Morgan fingerprint density at radius 2 is 2.06 bits per heavy atom. The Bertz CT molecular complexity index is 419. The van der Waals surface area contributed by atoms with Crippen molar-refractivity contribution in [2.24, 2.45) is 0 Å². The van der Waals surface area contributed by atoms with Gasteiger partial charge in [-0.1, -0.05) is 13.8 Å². The number of hydrogen-bond donors (Lipinski definition) is 2. The van der Waals surface area contributed by atoms with Crippen molar-refractivity contribution in [3.05, 3.63) is 23.4 Å². The number of aromatic nitrogens is 1. The molecule has 0 fully saturated rings. The molecule has 0 aliphatic heterocycles. The van der Waals surface area contributed by atoms with E-state index in [9.17, 15) is 5.11 Å². The minimum absolute atomic E-state index is 0.408. The van der Waals surface area contributed by atoms with E-state index in [4.69, 9.17) is 5.26 Å². The highest BCUT2D eigenvalue weighted by Crippen LogP contribution is 2.18. The summed E-state index contributed by atoms with van der Waals surface area (Å²) in [6.45, 7) is 6.17. The van der Waals surface area contributed by atoms with Gasteiger partial charge in [-0.05, 0) is 31.9 Å². The first-order valence-corrected chi connectivity index (χ1v) is 5.88. The zero-order valence-electron chi connectivity index (χ0n) is 10.6. The minimum Gasteiger partial charge on any atom is -0.388 e. The second-order valence-electron chi connectivity index (χ2n) is 4.25. The molecule has 0 saturated heterocycles. The number of nitrogens with one attached hydrogen (secondary N) is 1. The monoisotopic (exact) mass is 233 g/mol. The highest BCUT2D eigenvalue weighted by molar-refractivity contribution is 5.52. The Morgan fingerprint density at radius 1 is 1.41 bits per heavy atom. The van der Waals surface area contributed by atoms with Crippen LogP contribution in [0.4, 0.5) is 5.82 Å². The summed E-state index contributed by atoms with van der Waals surface area (Å²) < 4.78 is 0. The second kappa shape index (κ2) is 5.65. The first kappa shape index (κ1) is 13.5. The van der Waals surface area contributed by atoms with Crippen LogP contribution in [0.3, 0.4) is 0 Å². The molecule has 1 aromatic rings. The molecule has 0 aliphatic rings. The Morgan fingerprint density at radius 3 is 2.59 bits per heavy atom. The second-order valence-corrected chi connectivity index (χ2v) is 4.25. The van der Waals surface area contributed by atoms with Crippen molar-refractivity contribution < 1.29 is 5.11 Å². The Balaban J connectivity index is 2.82. The molecule has 0 spiro atoms. The lowest BCUT2D eigenvalue weighted by Gasteiger charge is -2.25. The molecule has 1 aromatic heterocycles. The standard InChI is InChI=1S/C13H19N3O/c1-4-13(17,5-2)9-15-12-11(8-14)7-6-10(3)16-12/h6-7,17H,4-5,9H2,1-3H3,(H,15,16). The average molecular weight is 233 g/mol. The summed E-state index contributed by atoms with van der Waals surface area (Å²) in [5, 5.41) is 22.2. The summed E-state index contributed by atoms with van der Waals surface area (Å²) >= 11 is 0. The molecule has 0 amide bonds. The lowest BCUT2D eigenvalue weighted by molar-refractivity contribution is 0.0456. The summed E-state index contributed by atoms with van der Waals surface area (Å²) in [5.41, 5.74) is 0.617. The van der Waals surface area contributed by atoms with Crippen LogP contribution in [0.5, 0.6) is 0 Å². The Hall–Kier alpha value is -1.60. The molecule has 17 heavy (non-hydrogen) atoms. The van der Waals surface area contributed by atoms with Gasteiger partial charge < -0.3 is 10.4 Å². The molecule has 0 aliphatic carbocycles. The lowest BCUT2D eigenvalue weighted by atomic mass is 9.97. The van der Waals surface area contributed by atoms with E-state index in [2.05, 4.69) is 16.4 Å². The number of hydrogen-bond acceptors (Lipinski definition) is 4. The van der Waals surface area contributed by atoms with Gasteiger partial charge >= 0.3 is 0 Å². The fraction of sp³-hybridized carbons (Fsp3) is 0.538. The molecule has 0 atom stereocenters. The summed E-state index contributed by atoms with van der Waals surface area (Å²) in [6, 6.07) is 5.63. The Kier molecular flexibility index (Phi) is 4.47. The van der Waals surface area contributed by atoms with E-state index in [1.807, 2.05) is 20.8 Å². The topological polar surface area (TPSA) is 68.9 Å². The van der Waals surface area contributed by atoms with Crippen LogP contribution in [0, 0.1) is 18.3 Å². The van der Waals surface area contributed by atoms with Gasteiger partial charge in [-0.3, -0.25) is 0 Å². The van der Waals surface area contributed by atoms with Crippen molar-refractivity contribution >= 4 is 5.82 Å². The maximum absolute atomic E-state index is 10.1. The van der Waals surface area contributed by atoms with Gasteiger partial charge in [0.25, 0.3) is 0 Å². The predicted octanol–water partition coefficient (Wildman–Crippen LogP) is 2.22. The van der Waals surface area contributed by atoms with Gasteiger partial charge in [-0.15, -0.1) is 0 Å². The van der Waals surface area contributed by atoms with E-state index in [0.717, 1.165) is 5.69 Å². The third-order valence-corrected chi connectivity index (χ3v) is 3.06. The maximum atomic E-state index is 10.1. The molecule has 0 saturated carbocycles. The van der Waals surface area contributed by atoms with Crippen molar-refractivity contribution in [2.45, 2.75) is 39.2 Å². The molecule has 0 aromatic carbocycles. The van der Waals surface area contributed by atoms with Crippen molar-refractivity contribution in [3.8, 4) is 6.07 Å². The van der Waals surface area contributed by atoms with Crippen LogP contribution >= 0.6 is 0 Å². The highest BCUT2D eigenvalue weighted by Gasteiger charge is 2.22. The third kappa shape index (κ3) is 3.43. The molecule has 92 valence electrons. The molecule has 1 rings (SSSR count). The van der Waals surface area contributed by atoms with E-state index >= 15 is 0 Å². The van der Waals surface area contributed by atoms with E-state index < -0.39 is 5.60 Å². The van der Waals surface area contributed by atoms with Crippen molar-refractivity contribution in [1.29, 1.82) is 5.26 Å². The van der Waals surface area contributed by atoms with Gasteiger partial charge in [-0.2, -0.15) is 5.26 Å². The number of aliphatic hydroxyl groups is 1. The zero-order valence-corrected chi connectivity index (χ0v) is 10.6. The molecular formula is C13H19N3O. The average Bonchev–Trinajstić information content (AvgIpc) is 2.36. The van der Waals surface area contributed by atoms with Crippen LogP contribution < -0.4 is 5.32 Å². The van der Waals surface area contributed by atoms with Crippen molar-refractivity contribution in [1.82, 2.24) is 4.98 Å². The summed E-state index contributed by atoms with van der Waals surface area (Å²) in [7, 11) is 0. The van der Waals surface area contributed by atoms with Crippen LogP contribution in [0.15, 0.2) is 12.1 Å². The number of nitriles is 1. The maximum Gasteiger partial charge on any atom is 0.144 e. The first-order chi connectivity index (χ1) is 8.04. The van der Waals surface area contributed by atoms with Gasteiger partial charge in [0.2, 0.25) is 0 Å². The Labute approximate surface area is 102 Å². The van der Waals surface area contributed by atoms with Gasteiger partial charge in [0, 0.05) is 12.2 Å². The van der Waals surface area contributed by atoms with Crippen LogP contribution in [0.1, 0.15) is 37.9 Å². The zero-order chi connectivity index (χ0) is 12.9. The highest BCUT2D eigenvalue weighted by atomic mass is 16.3. The number of nitrogens with zero attached hydrogens (tertiary/aromatic N) is 2. The van der Waals surface area contributed by atoms with E-state index in [0.29, 0.717) is 30.8 Å². The third-order valence-electron chi connectivity index (χ3n) is 3.06. The lowest BCUT2D eigenvalue weighted by Crippen LogP contribution is -2.35. The van der Waals surface area contributed by atoms with Crippen LogP contribution in [-0.4, -0.2) is 22.2 Å². The number of anilines is 1. The fourth-order valence-electron chi connectivity index (χ4n) is 1.53. The van der Waals surface area contributed by atoms with Crippen molar-refractivity contribution in [2.75, 3.05) is 11.9 Å². The van der Waals surface area contributed by atoms with Gasteiger partial charge in [0.05, 0.1) is 11.2 Å². The number of pyridine rings is 1. The molecule has 4 heteroatoms. The predicted molar refractivity (Wildman–Crippen MR) is 67.7 cm³/mol. The number of rotatable bonds is 5. The normalized spacial score (nSPS) is 11.0. The molecule has 2 N–H and O–H groups in total. The fourth-order valence-corrected chi connectivity index (χ4v) is 1.53. The summed E-state index contributed by atoms with van der Waals surface area (Å²) in [5.74, 6) is 0.549. The van der Waals surface area contributed by atoms with Crippen LogP contribution in [0.25, 0.3) is 0 Å². The molecule has 0 bridgehead atoms. The smallest absolute Gasteiger partial charge is 0.144 e.